The van der Waals surface area contributed by atoms with Gasteiger partial charge in [-0.1, -0.05) is 38.1 Å². The van der Waals surface area contributed by atoms with Crippen molar-refractivity contribution in [1.82, 2.24) is 0 Å². The third-order valence-corrected chi connectivity index (χ3v) is 10.1. The molecule has 6 rings (SSSR count). The van der Waals surface area contributed by atoms with E-state index in [1.54, 1.807) is 71.8 Å². The molecule has 4 aromatic carbocycles. The fourth-order valence-corrected chi connectivity index (χ4v) is 6.84. The molecule has 2 aliphatic heterocycles. The van der Waals surface area contributed by atoms with E-state index in [9.17, 15) is 10.2 Å². The van der Waals surface area contributed by atoms with Crippen LogP contribution < -0.4 is 37.9 Å². The van der Waals surface area contributed by atoms with Gasteiger partial charge in [-0.2, -0.15) is 0 Å². The molecule has 278 valence electrons. The van der Waals surface area contributed by atoms with Gasteiger partial charge < -0.3 is 52.8 Å². The maximum Gasteiger partial charge on any atom is 0.231 e. The summed E-state index contributed by atoms with van der Waals surface area (Å²) < 4.78 is 52.3. The van der Waals surface area contributed by atoms with Crippen LogP contribution in [0.15, 0.2) is 72.8 Å². The predicted molar refractivity (Wildman–Crippen MR) is 193 cm³/mol. The molecule has 4 aromatic rings. The van der Waals surface area contributed by atoms with E-state index in [4.69, 9.17) is 42.6 Å². The van der Waals surface area contributed by atoms with Gasteiger partial charge in [-0.3, -0.25) is 0 Å². The minimum Gasteiger partial charge on any atom is -0.493 e. The first-order valence-corrected chi connectivity index (χ1v) is 17.4. The lowest BCUT2D eigenvalue weighted by Crippen LogP contribution is -2.22. The Morgan fingerprint density at radius 3 is 1.50 bits per heavy atom. The molecule has 1 saturated heterocycles. The van der Waals surface area contributed by atoms with Crippen LogP contribution in [-0.2, 0) is 4.74 Å². The van der Waals surface area contributed by atoms with Crippen molar-refractivity contribution in [2.75, 3.05) is 35.2 Å². The Morgan fingerprint density at radius 2 is 0.981 bits per heavy atom. The second-order valence-corrected chi connectivity index (χ2v) is 13.3. The third kappa shape index (κ3) is 7.39. The summed E-state index contributed by atoms with van der Waals surface area (Å²) >= 11 is 0. The lowest BCUT2D eigenvalue weighted by atomic mass is 9.85. The summed E-state index contributed by atoms with van der Waals surface area (Å²) in [4.78, 5) is 0. The average molecular weight is 717 g/mol. The molecule has 52 heavy (non-hydrogen) atoms. The van der Waals surface area contributed by atoms with Gasteiger partial charge in [0.2, 0.25) is 6.79 Å². The van der Waals surface area contributed by atoms with Crippen LogP contribution in [0.5, 0.6) is 46.0 Å². The van der Waals surface area contributed by atoms with Crippen molar-refractivity contribution in [2.24, 2.45) is 11.8 Å². The maximum atomic E-state index is 11.1. The van der Waals surface area contributed by atoms with E-state index in [1.165, 1.54) is 0 Å². The van der Waals surface area contributed by atoms with Crippen molar-refractivity contribution >= 4 is 0 Å². The number of aliphatic hydroxyl groups is 2. The number of benzene rings is 4. The van der Waals surface area contributed by atoms with Crippen molar-refractivity contribution < 1.29 is 52.8 Å². The van der Waals surface area contributed by atoms with Crippen molar-refractivity contribution in [1.29, 1.82) is 0 Å². The topological polar surface area (TPSA) is 124 Å². The molecule has 8 atom stereocenters. The summed E-state index contributed by atoms with van der Waals surface area (Å²) in [7, 11) is 6.31. The minimum absolute atomic E-state index is 0.164. The Balaban J connectivity index is 1.14. The Labute approximate surface area is 304 Å². The summed E-state index contributed by atoms with van der Waals surface area (Å²) in [6.45, 7) is 8.14. The third-order valence-electron chi connectivity index (χ3n) is 10.1. The SMILES string of the molecule is COc1ccc([C@@H](O)[C@@H](C)Oc2ccc([C@H]3O[C@H](c4ccc(O[C@H](C)[C@H](O)c5ccc6c(c5)OCO6)c(OC)c4)[C@H](C)[C@H]3C)cc2OC)cc1OC. The van der Waals surface area contributed by atoms with Crippen LogP contribution in [0.2, 0.25) is 0 Å². The van der Waals surface area contributed by atoms with E-state index in [-0.39, 0.29) is 30.8 Å². The summed E-state index contributed by atoms with van der Waals surface area (Å²) in [5.74, 6) is 4.80. The molecular formula is C41H48O11. The second-order valence-electron chi connectivity index (χ2n) is 13.3. The Hall–Kier alpha value is -4.84. The molecule has 2 N–H and O–H groups in total. The molecule has 0 amide bonds. The molecule has 11 nitrogen and oxygen atoms in total. The lowest BCUT2D eigenvalue weighted by molar-refractivity contribution is 0.0281. The van der Waals surface area contributed by atoms with Gasteiger partial charge in [-0.25, -0.2) is 0 Å². The molecule has 0 radical (unpaired) electrons. The van der Waals surface area contributed by atoms with Gasteiger partial charge in [-0.15, -0.1) is 0 Å². The number of hydrogen-bond acceptors (Lipinski definition) is 11. The number of methoxy groups -OCH3 is 4. The highest BCUT2D eigenvalue weighted by Gasteiger charge is 2.41. The van der Waals surface area contributed by atoms with Gasteiger partial charge in [0.05, 0.1) is 40.6 Å². The molecule has 0 aromatic heterocycles. The molecule has 1 fully saturated rings. The van der Waals surface area contributed by atoms with Crippen LogP contribution in [0, 0.1) is 11.8 Å². The van der Waals surface area contributed by atoms with Gasteiger partial charge in [0.15, 0.2) is 46.0 Å². The Bertz CT molecular complexity index is 1840. The highest BCUT2D eigenvalue weighted by Crippen LogP contribution is 2.51. The zero-order valence-electron chi connectivity index (χ0n) is 30.8. The molecule has 2 aliphatic rings. The second kappa shape index (κ2) is 15.8. The number of fused-ring (bicyclic) bond motifs is 1. The van der Waals surface area contributed by atoms with Gasteiger partial charge >= 0.3 is 0 Å². The molecule has 0 unspecified atom stereocenters. The van der Waals surface area contributed by atoms with Gasteiger partial charge in [0, 0.05) is 0 Å². The zero-order valence-corrected chi connectivity index (χ0v) is 30.8. The van der Waals surface area contributed by atoms with E-state index in [2.05, 4.69) is 13.8 Å². The highest BCUT2D eigenvalue weighted by molar-refractivity contribution is 5.48. The first-order valence-electron chi connectivity index (χ1n) is 17.4. The summed E-state index contributed by atoms with van der Waals surface area (Å²) in [6, 6.07) is 22.2. The summed E-state index contributed by atoms with van der Waals surface area (Å²) in [6.07, 6.45) is -3.43. The van der Waals surface area contributed by atoms with Crippen molar-refractivity contribution in [3.05, 3.63) is 95.1 Å². The van der Waals surface area contributed by atoms with Crippen LogP contribution in [-0.4, -0.2) is 57.7 Å². The van der Waals surface area contributed by atoms with Crippen LogP contribution in [0.3, 0.4) is 0 Å². The monoisotopic (exact) mass is 716 g/mol. The maximum absolute atomic E-state index is 11.1. The first-order chi connectivity index (χ1) is 25.1. The minimum atomic E-state index is -0.930. The lowest BCUT2D eigenvalue weighted by Gasteiger charge is -2.24. The fraction of sp³-hybridized carbons (Fsp3) is 0.415. The molecule has 2 heterocycles. The number of ether oxygens (including phenoxy) is 9. The van der Waals surface area contributed by atoms with E-state index in [0.29, 0.717) is 57.1 Å². The normalized spacial score (nSPS) is 21.5. The average Bonchev–Trinajstić information content (AvgIpc) is 3.77. The van der Waals surface area contributed by atoms with Crippen LogP contribution >= 0.6 is 0 Å². The van der Waals surface area contributed by atoms with Crippen molar-refractivity contribution in [3.8, 4) is 46.0 Å². The van der Waals surface area contributed by atoms with Crippen LogP contribution in [0.4, 0.5) is 0 Å². The number of hydrogen-bond donors (Lipinski definition) is 2. The van der Waals surface area contributed by atoms with Gasteiger partial charge in [-0.05, 0) is 96.5 Å². The molecule has 0 saturated carbocycles. The predicted octanol–water partition coefficient (Wildman–Crippen LogP) is 7.54. The number of rotatable bonds is 14. The first kappa shape index (κ1) is 36.9. The van der Waals surface area contributed by atoms with E-state index in [1.807, 2.05) is 43.3 Å². The van der Waals surface area contributed by atoms with E-state index in [0.717, 1.165) is 11.1 Å². The smallest absolute Gasteiger partial charge is 0.231 e. The van der Waals surface area contributed by atoms with Gasteiger partial charge in [0.25, 0.3) is 0 Å². The van der Waals surface area contributed by atoms with E-state index >= 15 is 0 Å². The van der Waals surface area contributed by atoms with Gasteiger partial charge in [0.1, 0.15) is 24.4 Å². The van der Waals surface area contributed by atoms with Crippen LogP contribution in [0.1, 0.15) is 74.4 Å². The molecular weight excluding hydrogens is 668 g/mol. The van der Waals surface area contributed by atoms with Crippen molar-refractivity contribution in [2.45, 2.75) is 64.3 Å². The largest absolute Gasteiger partial charge is 0.493 e. The summed E-state index contributed by atoms with van der Waals surface area (Å²) in [5, 5.41) is 22.2. The van der Waals surface area contributed by atoms with Crippen molar-refractivity contribution in [3.63, 3.8) is 0 Å². The quantitative estimate of drug-likeness (QED) is 0.135. The molecule has 0 bridgehead atoms. The molecule has 0 aliphatic carbocycles. The fourth-order valence-electron chi connectivity index (χ4n) is 6.84. The Morgan fingerprint density at radius 1 is 0.538 bits per heavy atom. The Kier molecular flexibility index (Phi) is 11.2. The molecule has 0 spiro atoms. The molecule has 11 heteroatoms. The standard InChI is InChI=1S/C41H48O11/c1-22-23(2)41(29-12-16-33(36(20-29)47-8)51-25(4)39(43)27-10-14-31-37(18-27)49-21-48-31)52-40(22)28-11-15-32(35(19-28)46-7)50-24(3)38(42)26-9-13-30(44-5)34(17-26)45-6/h9-20,22-25,38-43H,21H2,1-8H3/t22-,23-,24-,25-,38+,39+,40+,41+/m1/s1. The highest BCUT2D eigenvalue weighted by atomic mass is 16.7. The summed E-state index contributed by atoms with van der Waals surface area (Å²) in [5.41, 5.74) is 3.22. The van der Waals surface area contributed by atoms with Crippen LogP contribution in [0.25, 0.3) is 0 Å². The zero-order chi connectivity index (χ0) is 37.1. The number of aliphatic hydroxyl groups excluding tert-OH is 2. The van der Waals surface area contributed by atoms with E-state index < -0.39 is 24.4 Å².